The van der Waals surface area contributed by atoms with Gasteiger partial charge in [-0.15, -0.1) is 0 Å². The van der Waals surface area contributed by atoms with Crippen molar-refractivity contribution in [2.45, 2.75) is 44.4 Å². The second-order valence-corrected chi connectivity index (χ2v) is 5.43. The molecule has 1 aliphatic rings. The molecular formula is C15H19F3N2O. The topological polar surface area (TPSA) is 41.1 Å². The van der Waals surface area contributed by atoms with Crippen molar-refractivity contribution in [1.82, 2.24) is 10.6 Å². The number of carbonyl (C=O) groups is 1. The van der Waals surface area contributed by atoms with E-state index in [4.69, 9.17) is 0 Å². The molecule has 0 aliphatic heterocycles. The number of aryl methyl sites for hydroxylation is 1. The molecule has 1 aromatic rings. The first-order valence-corrected chi connectivity index (χ1v) is 7.02. The number of benzene rings is 1. The summed E-state index contributed by atoms with van der Waals surface area (Å²) in [7, 11) is 0. The van der Waals surface area contributed by atoms with Crippen LogP contribution in [-0.2, 0) is 17.6 Å². The summed E-state index contributed by atoms with van der Waals surface area (Å²) in [5.74, 6) is -0.619. The highest BCUT2D eigenvalue weighted by molar-refractivity contribution is 5.81. The van der Waals surface area contributed by atoms with Gasteiger partial charge in [-0.05, 0) is 37.3 Å². The molecule has 21 heavy (non-hydrogen) atoms. The summed E-state index contributed by atoms with van der Waals surface area (Å²) >= 11 is 0. The number of hydrogen-bond acceptors (Lipinski definition) is 2. The zero-order chi connectivity index (χ0) is 15.5. The van der Waals surface area contributed by atoms with Gasteiger partial charge in [0.2, 0.25) is 5.91 Å². The van der Waals surface area contributed by atoms with E-state index in [1.807, 2.05) is 17.4 Å². The Balaban J connectivity index is 1.84. The number of rotatable bonds is 4. The van der Waals surface area contributed by atoms with E-state index >= 15 is 0 Å². The molecule has 2 rings (SSSR count). The van der Waals surface area contributed by atoms with Gasteiger partial charge in [0.05, 0.1) is 6.04 Å². The van der Waals surface area contributed by atoms with Crippen LogP contribution in [0, 0.1) is 0 Å². The lowest BCUT2D eigenvalue weighted by Gasteiger charge is -2.28. The third-order valence-electron chi connectivity index (χ3n) is 3.69. The Bertz CT molecular complexity index is 502. The third kappa shape index (κ3) is 4.74. The Hall–Kier alpha value is -1.56. The third-order valence-corrected chi connectivity index (χ3v) is 3.69. The number of halogens is 3. The molecule has 0 radical (unpaired) electrons. The van der Waals surface area contributed by atoms with Crippen molar-refractivity contribution in [3.8, 4) is 0 Å². The number of nitrogens with one attached hydrogen (secondary N) is 2. The summed E-state index contributed by atoms with van der Waals surface area (Å²) in [5, 5.41) is 5.02. The fraction of sp³-hybridized carbons (Fsp3) is 0.533. The molecule has 0 fully saturated rings. The standard InChI is InChI=1S/C15H19F3N2O/c1-10(14(21)19-9-15(16,17)18)20-13-7-6-11-4-2-3-5-12(11)8-13/h2-5,10,13,20H,6-9H2,1H3,(H,19,21). The van der Waals surface area contributed by atoms with Crippen LogP contribution < -0.4 is 10.6 Å². The summed E-state index contributed by atoms with van der Waals surface area (Å²) in [6.45, 7) is 0.303. The van der Waals surface area contributed by atoms with Crippen molar-refractivity contribution in [3.05, 3.63) is 35.4 Å². The molecule has 1 aliphatic carbocycles. The van der Waals surface area contributed by atoms with Gasteiger partial charge in [-0.1, -0.05) is 24.3 Å². The maximum atomic E-state index is 12.1. The molecule has 116 valence electrons. The minimum Gasteiger partial charge on any atom is -0.346 e. The molecule has 3 nitrogen and oxygen atoms in total. The second-order valence-electron chi connectivity index (χ2n) is 5.43. The summed E-state index contributed by atoms with van der Waals surface area (Å²) in [4.78, 5) is 11.6. The molecule has 1 amide bonds. The van der Waals surface area contributed by atoms with E-state index in [9.17, 15) is 18.0 Å². The normalized spacial score (nSPS) is 19.7. The minimum atomic E-state index is -4.38. The summed E-state index contributed by atoms with van der Waals surface area (Å²) < 4.78 is 36.2. The van der Waals surface area contributed by atoms with Crippen molar-refractivity contribution < 1.29 is 18.0 Å². The van der Waals surface area contributed by atoms with Crippen LogP contribution >= 0.6 is 0 Å². The average molecular weight is 300 g/mol. The first-order valence-electron chi connectivity index (χ1n) is 7.02. The van der Waals surface area contributed by atoms with Gasteiger partial charge in [-0.25, -0.2) is 0 Å². The monoisotopic (exact) mass is 300 g/mol. The van der Waals surface area contributed by atoms with Gasteiger partial charge < -0.3 is 10.6 Å². The maximum absolute atomic E-state index is 12.1. The number of carbonyl (C=O) groups excluding carboxylic acids is 1. The molecule has 0 heterocycles. The molecule has 1 aromatic carbocycles. The zero-order valence-electron chi connectivity index (χ0n) is 11.8. The lowest BCUT2D eigenvalue weighted by molar-refractivity contribution is -0.139. The second kappa shape index (κ2) is 6.47. The quantitative estimate of drug-likeness (QED) is 0.895. The average Bonchev–Trinajstić information content (AvgIpc) is 2.43. The molecule has 0 aromatic heterocycles. The van der Waals surface area contributed by atoms with Crippen molar-refractivity contribution in [3.63, 3.8) is 0 Å². The van der Waals surface area contributed by atoms with Crippen molar-refractivity contribution >= 4 is 5.91 Å². The van der Waals surface area contributed by atoms with E-state index in [0.717, 1.165) is 19.3 Å². The number of alkyl halides is 3. The van der Waals surface area contributed by atoms with Gasteiger partial charge in [0.25, 0.3) is 0 Å². The van der Waals surface area contributed by atoms with Crippen molar-refractivity contribution in [2.24, 2.45) is 0 Å². The number of fused-ring (bicyclic) bond motifs is 1. The Morgan fingerprint density at radius 1 is 1.33 bits per heavy atom. The van der Waals surface area contributed by atoms with Gasteiger partial charge >= 0.3 is 6.18 Å². The van der Waals surface area contributed by atoms with E-state index in [2.05, 4.69) is 17.4 Å². The molecule has 0 saturated heterocycles. The minimum absolute atomic E-state index is 0.117. The predicted molar refractivity (Wildman–Crippen MR) is 73.9 cm³/mol. The smallest absolute Gasteiger partial charge is 0.346 e. The molecule has 2 N–H and O–H groups in total. The van der Waals surface area contributed by atoms with Crippen LogP contribution in [0.3, 0.4) is 0 Å². The SMILES string of the molecule is CC(NC1CCc2ccccc2C1)C(=O)NCC(F)(F)F. The number of hydrogen-bond donors (Lipinski definition) is 2. The van der Waals surface area contributed by atoms with E-state index in [1.54, 1.807) is 6.92 Å². The van der Waals surface area contributed by atoms with Gasteiger partial charge in [0, 0.05) is 6.04 Å². The van der Waals surface area contributed by atoms with Gasteiger partial charge in [-0.3, -0.25) is 4.79 Å². The van der Waals surface area contributed by atoms with Crippen LogP contribution in [0.1, 0.15) is 24.5 Å². The molecule has 0 bridgehead atoms. The summed E-state index contributed by atoms with van der Waals surface area (Å²) in [6, 6.07) is 7.59. The van der Waals surface area contributed by atoms with Crippen molar-refractivity contribution in [2.75, 3.05) is 6.54 Å². The predicted octanol–water partition coefficient (Wildman–Crippen LogP) is 2.20. The van der Waals surface area contributed by atoms with Crippen LogP contribution in [0.4, 0.5) is 13.2 Å². The van der Waals surface area contributed by atoms with Gasteiger partial charge in [0.15, 0.2) is 0 Å². The Morgan fingerprint density at radius 2 is 2.00 bits per heavy atom. The molecule has 0 spiro atoms. The molecule has 2 atom stereocenters. The number of amides is 1. The highest BCUT2D eigenvalue weighted by atomic mass is 19.4. The first kappa shape index (κ1) is 15.8. The van der Waals surface area contributed by atoms with E-state index in [0.29, 0.717) is 0 Å². The van der Waals surface area contributed by atoms with Crippen LogP contribution in [0.2, 0.25) is 0 Å². The van der Waals surface area contributed by atoms with Gasteiger partial charge in [-0.2, -0.15) is 13.2 Å². The molecule has 6 heteroatoms. The Labute approximate surface area is 121 Å². The highest BCUT2D eigenvalue weighted by Crippen LogP contribution is 2.21. The van der Waals surface area contributed by atoms with Gasteiger partial charge in [0.1, 0.15) is 6.54 Å². The lowest BCUT2D eigenvalue weighted by atomic mass is 9.88. The van der Waals surface area contributed by atoms with Crippen LogP contribution in [-0.4, -0.2) is 30.7 Å². The zero-order valence-corrected chi connectivity index (χ0v) is 11.8. The maximum Gasteiger partial charge on any atom is 0.405 e. The largest absolute Gasteiger partial charge is 0.405 e. The highest BCUT2D eigenvalue weighted by Gasteiger charge is 2.29. The van der Waals surface area contributed by atoms with Crippen LogP contribution in [0.25, 0.3) is 0 Å². The lowest BCUT2D eigenvalue weighted by Crippen LogP contribution is -2.49. The van der Waals surface area contributed by atoms with Crippen LogP contribution in [0.15, 0.2) is 24.3 Å². The fourth-order valence-electron chi connectivity index (χ4n) is 2.61. The first-order chi connectivity index (χ1) is 9.85. The molecule has 0 saturated carbocycles. The van der Waals surface area contributed by atoms with E-state index in [1.165, 1.54) is 11.1 Å². The van der Waals surface area contributed by atoms with E-state index < -0.39 is 24.7 Å². The summed E-state index contributed by atoms with van der Waals surface area (Å²) in [5.41, 5.74) is 2.55. The van der Waals surface area contributed by atoms with E-state index in [-0.39, 0.29) is 6.04 Å². The van der Waals surface area contributed by atoms with Crippen LogP contribution in [0.5, 0.6) is 0 Å². The van der Waals surface area contributed by atoms with Crippen molar-refractivity contribution in [1.29, 1.82) is 0 Å². The Kier molecular flexibility index (Phi) is 4.88. The molecule has 2 unspecified atom stereocenters. The Morgan fingerprint density at radius 3 is 2.67 bits per heavy atom. The molecular weight excluding hydrogens is 281 g/mol. The fourth-order valence-corrected chi connectivity index (χ4v) is 2.61. The summed E-state index contributed by atoms with van der Waals surface area (Å²) in [6.07, 6.45) is -1.77.